The molecule has 47 heavy (non-hydrogen) atoms. The Labute approximate surface area is 289 Å². The summed E-state index contributed by atoms with van der Waals surface area (Å²) in [7, 11) is 0. The first kappa shape index (κ1) is 35.6. The van der Waals surface area contributed by atoms with Gasteiger partial charge in [-0.05, 0) is 67.0 Å². The summed E-state index contributed by atoms with van der Waals surface area (Å²) in [5.74, 6) is 0.265. The van der Waals surface area contributed by atoms with Crippen molar-refractivity contribution < 1.29 is 24.5 Å². The number of aliphatic hydroxyl groups is 1. The van der Waals surface area contributed by atoms with Crippen molar-refractivity contribution in [1.82, 2.24) is 20.1 Å². The Morgan fingerprint density at radius 3 is 2.68 bits per heavy atom. The van der Waals surface area contributed by atoms with Gasteiger partial charge in [0.15, 0.2) is 0 Å². The van der Waals surface area contributed by atoms with E-state index in [2.05, 4.69) is 40.4 Å². The van der Waals surface area contributed by atoms with Crippen molar-refractivity contribution in [3.05, 3.63) is 68.1 Å². The van der Waals surface area contributed by atoms with Crippen LogP contribution < -0.4 is 10.6 Å². The number of halogens is 1. The molecule has 10 nitrogen and oxygen atoms in total. The summed E-state index contributed by atoms with van der Waals surface area (Å²) in [6.45, 7) is 9.40. The predicted molar refractivity (Wildman–Crippen MR) is 188 cm³/mol. The summed E-state index contributed by atoms with van der Waals surface area (Å²) >= 11 is 9.44. The van der Waals surface area contributed by atoms with Crippen molar-refractivity contribution in [3.63, 3.8) is 0 Å². The lowest BCUT2D eigenvalue weighted by molar-refractivity contribution is -0.128. The maximum Gasteiger partial charge on any atom is 0.273 e. The summed E-state index contributed by atoms with van der Waals surface area (Å²) in [6.07, 6.45) is 3.99. The standard InChI is InChI=1S/C34H44ClN5O5S2/c1-22(2)32-38-27(19-47-32)33(44)40-12-13-45-34(20-40)7-10-39(11-8-34)18-24-14-23(15-25(35)16-24)6-9-36-17-29(43)26-4-5-28(42)30(37-21-41)31(26)46-3/h4-5,14-16,19,21-22,29,36,42-43H,6-13,17-18,20H2,1-3H3,(H,37,41). The van der Waals surface area contributed by atoms with E-state index in [0.29, 0.717) is 72.0 Å². The van der Waals surface area contributed by atoms with E-state index in [0.717, 1.165) is 55.0 Å². The number of carbonyl (C=O) groups excluding carboxylic acids is 2. The average molecular weight is 702 g/mol. The first-order chi connectivity index (χ1) is 22.6. The van der Waals surface area contributed by atoms with Gasteiger partial charge in [0.2, 0.25) is 6.41 Å². The van der Waals surface area contributed by atoms with Gasteiger partial charge >= 0.3 is 0 Å². The number of aromatic nitrogens is 1. The van der Waals surface area contributed by atoms with Gasteiger partial charge in [-0.3, -0.25) is 14.5 Å². The molecule has 0 saturated carbocycles. The first-order valence-corrected chi connectivity index (χ1v) is 18.5. The lowest BCUT2D eigenvalue weighted by atomic mass is 9.89. The van der Waals surface area contributed by atoms with Gasteiger partial charge in [-0.2, -0.15) is 0 Å². The van der Waals surface area contributed by atoms with E-state index in [1.54, 1.807) is 17.4 Å². The van der Waals surface area contributed by atoms with Crippen molar-refractivity contribution in [2.24, 2.45) is 0 Å². The molecule has 1 spiro atoms. The lowest BCUT2D eigenvalue weighted by Crippen LogP contribution is -2.58. The normalized spacial score (nSPS) is 17.3. The Kier molecular flexibility index (Phi) is 12.2. The molecule has 5 rings (SSSR count). The highest BCUT2D eigenvalue weighted by molar-refractivity contribution is 7.98. The van der Waals surface area contributed by atoms with Crippen LogP contribution in [0, 0.1) is 0 Å². The van der Waals surface area contributed by atoms with Gasteiger partial charge in [-0.15, -0.1) is 23.1 Å². The Bertz CT molecular complexity index is 1550. The number of rotatable bonds is 13. The fraction of sp³-hybridized carbons (Fsp3) is 0.500. The van der Waals surface area contributed by atoms with Crippen molar-refractivity contribution in [2.45, 2.75) is 62.2 Å². The number of aromatic hydroxyl groups is 1. The molecule has 1 atom stereocenters. The van der Waals surface area contributed by atoms with Gasteiger partial charge < -0.3 is 30.5 Å². The molecule has 2 amide bonds. The minimum Gasteiger partial charge on any atom is -0.506 e. The van der Waals surface area contributed by atoms with Gasteiger partial charge in [0.25, 0.3) is 5.91 Å². The van der Waals surface area contributed by atoms with E-state index in [-0.39, 0.29) is 17.3 Å². The van der Waals surface area contributed by atoms with Crippen molar-refractivity contribution >= 4 is 52.7 Å². The van der Waals surface area contributed by atoms with Crippen molar-refractivity contribution in [2.75, 3.05) is 57.4 Å². The number of nitrogens with one attached hydrogen (secondary N) is 2. The van der Waals surface area contributed by atoms with Gasteiger partial charge in [0, 0.05) is 53.9 Å². The molecule has 254 valence electrons. The van der Waals surface area contributed by atoms with Gasteiger partial charge in [-0.25, -0.2) is 4.98 Å². The van der Waals surface area contributed by atoms with E-state index in [4.69, 9.17) is 16.3 Å². The lowest BCUT2D eigenvalue weighted by Gasteiger charge is -2.47. The highest BCUT2D eigenvalue weighted by atomic mass is 35.5. The van der Waals surface area contributed by atoms with Crippen LogP contribution in [-0.2, 0) is 22.5 Å². The molecule has 2 aliphatic heterocycles. The van der Waals surface area contributed by atoms with E-state index in [9.17, 15) is 19.8 Å². The Hall–Kier alpha value is -2.71. The number of anilines is 1. The third-order valence-corrected chi connectivity index (χ3v) is 11.0. The minimum absolute atomic E-state index is 0.000179. The summed E-state index contributed by atoms with van der Waals surface area (Å²) in [5, 5.41) is 30.4. The topological polar surface area (TPSA) is 127 Å². The molecular weight excluding hydrogens is 658 g/mol. The smallest absolute Gasteiger partial charge is 0.273 e. The highest BCUT2D eigenvalue weighted by Gasteiger charge is 2.41. The van der Waals surface area contributed by atoms with Crippen LogP contribution in [0.3, 0.4) is 0 Å². The number of nitrogens with zero attached hydrogens (tertiary/aromatic N) is 3. The average Bonchev–Trinajstić information content (AvgIpc) is 3.56. The van der Waals surface area contributed by atoms with Gasteiger partial charge in [0.05, 0.1) is 35.6 Å². The fourth-order valence-corrected chi connectivity index (χ4v) is 8.21. The van der Waals surface area contributed by atoms with Crippen LogP contribution in [0.5, 0.6) is 5.75 Å². The van der Waals surface area contributed by atoms with E-state index in [1.807, 2.05) is 28.7 Å². The summed E-state index contributed by atoms with van der Waals surface area (Å²) < 4.78 is 6.32. The molecular formula is C34H44ClN5O5S2. The number of thiazole rings is 1. The highest BCUT2D eigenvalue weighted by Crippen LogP contribution is 2.39. The minimum atomic E-state index is -0.814. The van der Waals surface area contributed by atoms with Crippen molar-refractivity contribution in [3.8, 4) is 5.75 Å². The van der Waals surface area contributed by atoms with Crippen LogP contribution in [0.1, 0.15) is 70.9 Å². The summed E-state index contributed by atoms with van der Waals surface area (Å²) in [6, 6.07) is 9.34. The second-order valence-corrected chi connectivity index (χ2v) is 14.7. The number of morpholine rings is 1. The van der Waals surface area contributed by atoms with Crippen LogP contribution in [-0.4, -0.2) is 95.0 Å². The quantitative estimate of drug-likeness (QED) is 0.0814. The molecule has 2 aromatic carbocycles. The number of phenolic OH excluding ortho intramolecular Hbond substituents is 1. The number of hydrogen-bond donors (Lipinski definition) is 4. The van der Waals surface area contributed by atoms with Crippen LogP contribution >= 0.6 is 34.7 Å². The maximum atomic E-state index is 13.2. The molecule has 2 fully saturated rings. The van der Waals surface area contributed by atoms with Crippen LogP contribution in [0.25, 0.3) is 0 Å². The predicted octanol–water partition coefficient (Wildman–Crippen LogP) is 5.29. The number of ether oxygens (including phenoxy) is 1. The third-order valence-electron chi connectivity index (χ3n) is 8.82. The number of amides is 2. The zero-order chi connectivity index (χ0) is 33.6. The van der Waals surface area contributed by atoms with Crippen LogP contribution in [0.15, 0.2) is 40.6 Å². The molecule has 4 N–H and O–H groups in total. The first-order valence-electron chi connectivity index (χ1n) is 16.0. The second-order valence-electron chi connectivity index (χ2n) is 12.5. The fourth-order valence-electron chi connectivity index (χ4n) is 6.31. The molecule has 3 heterocycles. The summed E-state index contributed by atoms with van der Waals surface area (Å²) in [5.41, 5.74) is 3.43. The molecule has 1 aromatic heterocycles. The van der Waals surface area contributed by atoms with Gasteiger partial charge in [-0.1, -0.05) is 37.6 Å². The molecule has 0 bridgehead atoms. The zero-order valence-electron chi connectivity index (χ0n) is 27.1. The molecule has 13 heteroatoms. The zero-order valence-corrected chi connectivity index (χ0v) is 29.5. The van der Waals surface area contributed by atoms with Crippen molar-refractivity contribution in [1.29, 1.82) is 0 Å². The van der Waals surface area contributed by atoms with Crippen LogP contribution in [0.4, 0.5) is 5.69 Å². The van der Waals surface area contributed by atoms with Gasteiger partial charge in [0.1, 0.15) is 11.4 Å². The molecule has 1 unspecified atom stereocenters. The molecule has 2 aliphatic rings. The van der Waals surface area contributed by atoms with E-state index >= 15 is 0 Å². The Morgan fingerprint density at radius 2 is 1.98 bits per heavy atom. The number of carbonyl (C=O) groups is 2. The Balaban J connectivity index is 1.11. The second kappa shape index (κ2) is 16.1. The van der Waals surface area contributed by atoms with E-state index in [1.165, 1.54) is 17.8 Å². The molecule has 0 radical (unpaired) electrons. The number of thioether (sulfide) groups is 1. The molecule has 2 saturated heterocycles. The van der Waals surface area contributed by atoms with Crippen LogP contribution in [0.2, 0.25) is 5.02 Å². The Morgan fingerprint density at radius 1 is 1.21 bits per heavy atom. The number of piperidine rings is 1. The molecule has 3 aromatic rings. The SMILES string of the molecule is CSc1c(C(O)CNCCc2cc(Cl)cc(CN3CCC4(CC3)CN(C(=O)c3csc(C(C)C)n3)CCO4)c2)ccc(O)c1NC=O. The number of aliphatic hydroxyl groups excluding tert-OH is 1. The summed E-state index contributed by atoms with van der Waals surface area (Å²) in [4.78, 5) is 33.8. The number of benzene rings is 2. The molecule has 0 aliphatic carbocycles. The number of hydrogen-bond acceptors (Lipinski definition) is 10. The third kappa shape index (κ3) is 8.86. The largest absolute Gasteiger partial charge is 0.506 e. The maximum absolute atomic E-state index is 13.2. The number of likely N-dealkylation sites (tertiary alicyclic amines) is 1. The monoisotopic (exact) mass is 701 g/mol. The number of phenols is 1. The van der Waals surface area contributed by atoms with E-state index < -0.39 is 6.10 Å².